The second-order valence-corrected chi connectivity index (χ2v) is 3.74. The fraction of sp³-hybridized carbons (Fsp3) is 0.875. The molecule has 0 aromatic carbocycles. The zero-order valence-corrected chi connectivity index (χ0v) is 6.35. The van der Waals surface area contributed by atoms with Gasteiger partial charge in [-0.2, -0.15) is 0 Å². The second-order valence-electron chi connectivity index (χ2n) is 3.74. The van der Waals surface area contributed by atoms with Crippen LogP contribution in [0.15, 0.2) is 0 Å². The number of hydrogen-bond acceptors (Lipinski definition) is 1. The van der Waals surface area contributed by atoms with Crippen LogP contribution in [0.1, 0.15) is 26.7 Å². The van der Waals surface area contributed by atoms with E-state index in [4.69, 9.17) is 7.05 Å². The summed E-state index contributed by atoms with van der Waals surface area (Å²) in [5.41, 5.74) is 0.451. The Hall–Kier alpha value is -0.0400. The van der Waals surface area contributed by atoms with Gasteiger partial charge in [-0.3, -0.25) is 4.90 Å². The van der Waals surface area contributed by atoms with Gasteiger partial charge in [0.15, 0.2) is 0 Å². The van der Waals surface area contributed by atoms with Crippen LogP contribution < -0.4 is 0 Å². The van der Waals surface area contributed by atoms with Crippen molar-refractivity contribution in [3.8, 4) is 0 Å². The molecule has 0 aromatic rings. The predicted molar refractivity (Wildman–Crippen MR) is 38.9 cm³/mol. The van der Waals surface area contributed by atoms with Gasteiger partial charge in [-0.1, -0.05) is 13.8 Å². The van der Waals surface area contributed by atoms with Crippen LogP contribution >= 0.6 is 0 Å². The molecule has 1 rings (SSSR count). The normalized spacial score (nSPS) is 28.3. The van der Waals surface area contributed by atoms with E-state index in [0.29, 0.717) is 5.41 Å². The lowest BCUT2D eigenvalue weighted by molar-refractivity contribution is 0.158. The molecule has 9 heavy (non-hydrogen) atoms. The highest BCUT2D eigenvalue weighted by atomic mass is 15.1. The lowest BCUT2D eigenvalue weighted by Gasteiger charge is -2.35. The van der Waals surface area contributed by atoms with Crippen LogP contribution in [-0.4, -0.2) is 18.0 Å². The van der Waals surface area contributed by atoms with E-state index in [1.165, 1.54) is 12.8 Å². The highest BCUT2D eigenvalue weighted by Crippen LogP contribution is 2.27. The molecular weight excluding hydrogens is 110 g/mol. The maximum Gasteiger partial charge on any atom is 0.0439 e. The third-order valence-electron chi connectivity index (χ3n) is 1.93. The molecule has 0 spiro atoms. The topological polar surface area (TPSA) is 3.24 Å². The van der Waals surface area contributed by atoms with Gasteiger partial charge in [0.05, 0.1) is 0 Å². The third kappa shape index (κ3) is 1.98. The van der Waals surface area contributed by atoms with Gasteiger partial charge in [0.1, 0.15) is 0 Å². The van der Waals surface area contributed by atoms with Gasteiger partial charge in [0.2, 0.25) is 0 Å². The molecule has 2 radical (unpaired) electrons. The van der Waals surface area contributed by atoms with Crippen molar-refractivity contribution in [1.82, 2.24) is 4.90 Å². The van der Waals surface area contributed by atoms with Crippen LogP contribution in [0, 0.1) is 12.5 Å². The minimum Gasteiger partial charge on any atom is -0.297 e. The quantitative estimate of drug-likeness (QED) is 0.477. The Morgan fingerprint density at radius 2 is 2.11 bits per heavy atom. The maximum atomic E-state index is 5.64. The zero-order valence-electron chi connectivity index (χ0n) is 6.35. The smallest absolute Gasteiger partial charge is 0.0439 e. The Balaban J connectivity index is 2.41. The first kappa shape index (κ1) is 7.07. The average molecular weight is 125 g/mol. The molecule has 0 amide bonds. The number of piperidine rings is 1. The highest BCUT2D eigenvalue weighted by molar-refractivity contribution is 4.78. The minimum atomic E-state index is 0.451. The molecule has 1 aliphatic rings. The predicted octanol–water partition coefficient (Wildman–Crippen LogP) is 1.78. The Labute approximate surface area is 58.0 Å². The zero-order chi connectivity index (χ0) is 6.91. The number of likely N-dealkylation sites (tertiary alicyclic amines) is 1. The fourth-order valence-electron chi connectivity index (χ4n) is 1.47. The van der Waals surface area contributed by atoms with E-state index in [0.717, 1.165) is 13.1 Å². The summed E-state index contributed by atoms with van der Waals surface area (Å²) in [6.45, 7) is 6.66. The van der Waals surface area contributed by atoms with E-state index >= 15 is 0 Å². The molecule has 1 saturated heterocycles. The van der Waals surface area contributed by atoms with Gasteiger partial charge in [0.25, 0.3) is 0 Å². The minimum absolute atomic E-state index is 0.451. The number of hydrogen-bond donors (Lipinski definition) is 0. The molecule has 0 aromatic heterocycles. The largest absolute Gasteiger partial charge is 0.297 e. The standard InChI is InChI=1S/C8H15N/c1-8(2)5-4-6-9(3)7-8/h3H,4-7H2,1-2H3. The molecule has 0 N–H and O–H groups in total. The molecule has 0 bridgehead atoms. The fourth-order valence-corrected chi connectivity index (χ4v) is 1.47. The summed E-state index contributed by atoms with van der Waals surface area (Å²) >= 11 is 0. The van der Waals surface area contributed by atoms with Crippen LogP contribution in [-0.2, 0) is 0 Å². The van der Waals surface area contributed by atoms with Gasteiger partial charge in [-0.05, 0) is 24.8 Å². The Kier molecular flexibility index (Phi) is 1.80. The van der Waals surface area contributed by atoms with Gasteiger partial charge >= 0.3 is 0 Å². The molecule has 1 heterocycles. The molecule has 1 nitrogen and oxygen atoms in total. The Morgan fingerprint density at radius 1 is 1.44 bits per heavy atom. The summed E-state index contributed by atoms with van der Waals surface area (Å²) in [7, 11) is 5.64. The summed E-state index contributed by atoms with van der Waals surface area (Å²) in [6.07, 6.45) is 2.57. The molecule has 1 fully saturated rings. The molecule has 0 unspecified atom stereocenters. The van der Waals surface area contributed by atoms with Crippen LogP contribution in [0.2, 0.25) is 0 Å². The van der Waals surface area contributed by atoms with E-state index in [-0.39, 0.29) is 0 Å². The third-order valence-corrected chi connectivity index (χ3v) is 1.93. The van der Waals surface area contributed by atoms with Crippen LogP contribution in [0.25, 0.3) is 0 Å². The summed E-state index contributed by atoms with van der Waals surface area (Å²) in [5, 5.41) is 0. The SMILES string of the molecule is [CH]N1CCCC(C)(C)C1. The Morgan fingerprint density at radius 3 is 2.44 bits per heavy atom. The number of nitrogens with zero attached hydrogens (tertiary/aromatic N) is 1. The highest BCUT2D eigenvalue weighted by Gasteiger charge is 2.23. The van der Waals surface area contributed by atoms with Crippen molar-refractivity contribution >= 4 is 0 Å². The molecule has 0 saturated carbocycles. The lowest BCUT2D eigenvalue weighted by atomic mass is 9.84. The van der Waals surface area contributed by atoms with E-state index in [1.807, 2.05) is 4.90 Å². The summed E-state index contributed by atoms with van der Waals surface area (Å²) in [6, 6.07) is 0. The molecule has 0 atom stereocenters. The van der Waals surface area contributed by atoms with Crippen molar-refractivity contribution in [2.24, 2.45) is 5.41 Å². The van der Waals surface area contributed by atoms with Gasteiger partial charge in [0, 0.05) is 13.6 Å². The first-order chi connectivity index (χ1) is 4.10. The molecule has 0 aliphatic carbocycles. The van der Waals surface area contributed by atoms with Crippen LogP contribution in [0.5, 0.6) is 0 Å². The molecule has 52 valence electrons. The Bertz CT molecular complexity index is 96.7. The summed E-state index contributed by atoms with van der Waals surface area (Å²) in [5.74, 6) is 0. The molecular formula is C8H15N. The van der Waals surface area contributed by atoms with E-state index in [9.17, 15) is 0 Å². The summed E-state index contributed by atoms with van der Waals surface area (Å²) < 4.78 is 0. The van der Waals surface area contributed by atoms with E-state index in [2.05, 4.69) is 13.8 Å². The van der Waals surface area contributed by atoms with Crippen molar-refractivity contribution in [3.05, 3.63) is 7.05 Å². The van der Waals surface area contributed by atoms with Gasteiger partial charge < -0.3 is 0 Å². The van der Waals surface area contributed by atoms with Crippen molar-refractivity contribution in [3.63, 3.8) is 0 Å². The van der Waals surface area contributed by atoms with Crippen LogP contribution in [0.3, 0.4) is 0 Å². The maximum absolute atomic E-state index is 5.64. The molecule has 1 aliphatic heterocycles. The van der Waals surface area contributed by atoms with Gasteiger partial charge in [-0.25, -0.2) is 0 Å². The molecule has 1 heteroatoms. The van der Waals surface area contributed by atoms with Crippen molar-refractivity contribution in [2.45, 2.75) is 26.7 Å². The van der Waals surface area contributed by atoms with E-state index < -0.39 is 0 Å². The average Bonchev–Trinajstić information content (AvgIpc) is 1.60. The first-order valence-electron chi connectivity index (χ1n) is 3.60. The van der Waals surface area contributed by atoms with Crippen molar-refractivity contribution < 1.29 is 0 Å². The van der Waals surface area contributed by atoms with Crippen molar-refractivity contribution in [1.29, 1.82) is 0 Å². The van der Waals surface area contributed by atoms with Crippen LogP contribution in [0.4, 0.5) is 0 Å². The summed E-state index contributed by atoms with van der Waals surface area (Å²) in [4.78, 5) is 1.92. The second kappa shape index (κ2) is 2.30. The van der Waals surface area contributed by atoms with Gasteiger partial charge in [-0.15, -0.1) is 0 Å². The monoisotopic (exact) mass is 125 g/mol. The van der Waals surface area contributed by atoms with E-state index in [1.54, 1.807) is 0 Å². The van der Waals surface area contributed by atoms with Crippen molar-refractivity contribution in [2.75, 3.05) is 13.1 Å². The lowest BCUT2D eigenvalue weighted by Crippen LogP contribution is -2.35. The first-order valence-corrected chi connectivity index (χ1v) is 3.60. The number of rotatable bonds is 0.